The largest absolute Gasteiger partial charge is 0.481 e. The zero-order chi connectivity index (χ0) is 22.7. The van der Waals surface area contributed by atoms with Gasteiger partial charge in [-0.1, -0.05) is 121 Å². The van der Waals surface area contributed by atoms with Crippen LogP contribution in [0.3, 0.4) is 0 Å². The number of rotatable bonds is 21. The highest BCUT2D eigenvalue weighted by molar-refractivity contribution is 8.22. The van der Waals surface area contributed by atoms with Crippen LogP contribution in [0.5, 0.6) is 0 Å². The molecule has 0 aromatic carbocycles. The zero-order valence-corrected chi connectivity index (χ0v) is 21.4. The number of carbonyl (C=O) groups is 1. The van der Waals surface area contributed by atoms with Crippen LogP contribution in [0, 0.1) is 0 Å². The third-order valence-corrected chi connectivity index (χ3v) is 5.94. The topological polar surface area (TPSA) is 72.5 Å². The van der Waals surface area contributed by atoms with Crippen molar-refractivity contribution < 1.29 is 14.6 Å². The predicted octanol–water partition coefficient (Wildman–Crippen LogP) is 7.72. The summed E-state index contributed by atoms with van der Waals surface area (Å²) in [6, 6.07) is 0. The van der Waals surface area contributed by atoms with E-state index in [1.54, 1.807) is 11.8 Å². The van der Waals surface area contributed by atoms with E-state index in [4.69, 9.17) is 27.8 Å². The first-order valence-corrected chi connectivity index (χ1v) is 13.7. The van der Waals surface area contributed by atoms with Crippen LogP contribution < -0.4 is 5.73 Å². The SMILES string of the molecule is CCCCCCCC(=O)O.CCCCCCCCCCCCOCCCSC(N)=S. The monoisotopic (exact) mass is 463 g/mol. The highest BCUT2D eigenvalue weighted by atomic mass is 32.2. The Morgan fingerprint density at radius 2 is 1.20 bits per heavy atom. The number of unbranched alkanes of at least 4 members (excludes halogenated alkanes) is 13. The molecule has 30 heavy (non-hydrogen) atoms. The second-order valence-electron chi connectivity index (χ2n) is 7.87. The van der Waals surface area contributed by atoms with E-state index in [1.165, 1.54) is 83.5 Å². The lowest BCUT2D eigenvalue weighted by molar-refractivity contribution is -0.137. The summed E-state index contributed by atoms with van der Waals surface area (Å²) >= 11 is 6.34. The van der Waals surface area contributed by atoms with Crippen LogP contribution in [-0.2, 0) is 9.53 Å². The summed E-state index contributed by atoms with van der Waals surface area (Å²) in [5, 5.41) is 8.27. The average Bonchev–Trinajstić information content (AvgIpc) is 2.71. The first-order valence-electron chi connectivity index (χ1n) is 12.3. The van der Waals surface area contributed by atoms with Crippen LogP contribution in [-0.4, -0.2) is 34.4 Å². The Labute approximate surface area is 196 Å². The van der Waals surface area contributed by atoms with Crippen molar-refractivity contribution in [3.63, 3.8) is 0 Å². The summed E-state index contributed by atoms with van der Waals surface area (Å²) in [7, 11) is 0. The van der Waals surface area contributed by atoms with Gasteiger partial charge in [-0.15, -0.1) is 0 Å². The molecule has 0 saturated carbocycles. The molecule has 0 heterocycles. The molecule has 0 aromatic heterocycles. The Kier molecular flexibility index (Phi) is 30.4. The molecule has 0 unspecified atom stereocenters. The molecule has 0 spiro atoms. The van der Waals surface area contributed by atoms with Crippen molar-refractivity contribution in [1.82, 2.24) is 0 Å². The van der Waals surface area contributed by atoms with E-state index in [-0.39, 0.29) is 0 Å². The Balaban J connectivity index is 0. The Morgan fingerprint density at radius 1 is 0.767 bits per heavy atom. The number of nitrogens with two attached hydrogens (primary N) is 1. The van der Waals surface area contributed by atoms with Gasteiger partial charge in [0, 0.05) is 25.4 Å². The number of hydrogen-bond donors (Lipinski definition) is 2. The average molecular weight is 464 g/mol. The standard InChI is InChI=1S/C16H33NOS2.C8H16O2/c1-2-3-4-5-6-7-8-9-10-11-13-18-14-12-15-20-16(17)19;1-2-3-4-5-6-7-8(9)10/h2-15H2,1H3,(H2,17,19);2-7H2,1H3,(H,9,10). The lowest BCUT2D eigenvalue weighted by atomic mass is 10.1. The number of aliphatic carboxylic acids is 1. The van der Waals surface area contributed by atoms with E-state index in [9.17, 15) is 4.79 Å². The number of carboxylic acid groups (broad SMARTS) is 1. The second-order valence-corrected chi connectivity index (χ2v) is 9.71. The van der Waals surface area contributed by atoms with E-state index in [0.717, 1.165) is 38.2 Å². The van der Waals surface area contributed by atoms with Crippen molar-refractivity contribution in [2.45, 2.75) is 123 Å². The highest BCUT2D eigenvalue weighted by Crippen LogP contribution is 2.10. The van der Waals surface area contributed by atoms with Crippen LogP contribution in [0.15, 0.2) is 0 Å². The van der Waals surface area contributed by atoms with Gasteiger partial charge in [0.15, 0.2) is 0 Å². The summed E-state index contributed by atoms with van der Waals surface area (Å²) in [5.41, 5.74) is 5.40. The van der Waals surface area contributed by atoms with Gasteiger partial charge < -0.3 is 15.6 Å². The Morgan fingerprint density at radius 3 is 1.67 bits per heavy atom. The zero-order valence-electron chi connectivity index (χ0n) is 19.8. The van der Waals surface area contributed by atoms with Crippen molar-refractivity contribution in [2.24, 2.45) is 5.73 Å². The van der Waals surface area contributed by atoms with E-state index in [1.807, 2.05) is 0 Å². The van der Waals surface area contributed by atoms with Gasteiger partial charge in [-0.2, -0.15) is 0 Å². The fourth-order valence-electron chi connectivity index (χ4n) is 3.01. The minimum absolute atomic E-state index is 0.337. The maximum atomic E-state index is 10.0. The third kappa shape index (κ3) is 35.1. The molecule has 180 valence electrons. The predicted molar refractivity (Wildman–Crippen MR) is 138 cm³/mol. The molecule has 0 aliphatic rings. The van der Waals surface area contributed by atoms with Gasteiger partial charge >= 0.3 is 5.97 Å². The van der Waals surface area contributed by atoms with Crippen LogP contribution in [0.4, 0.5) is 0 Å². The highest BCUT2D eigenvalue weighted by Gasteiger charge is 1.95. The number of carboxylic acids is 1. The summed E-state index contributed by atoms with van der Waals surface area (Å²) in [6.07, 6.45) is 20.7. The molecule has 0 bridgehead atoms. The van der Waals surface area contributed by atoms with Gasteiger partial charge in [0.1, 0.15) is 4.32 Å². The fraction of sp³-hybridized carbons (Fsp3) is 0.917. The van der Waals surface area contributed by atoms with Crippen LogP contribution in [0.25, 0.3) is 0 Å². The molecule has 0 fully saturated rings. The first kappa shape index (κ1) is 31.9. The molecule has 0 radical (unpaired) electrons. The molecule has 0 aromatic rings. The minimum Gasteiger partial charge on any atom is -0.481 e. The molecule has 3 N–H and O–H groups in total. The molecule has 0 aliphatic carbocycles. The van der Waals surface area contributed by atoms with Crippen molar-refractivity contribution in [2.75, 3.05) is 19.0 Å². The van der Waals surface area contributed by atoms with E-state index in [2.05, 4.69) is 13.8 Å². The van der Waals surface area contributed by atoms with Crippen LogP contribution in [0.1, 0.15) is 123 Å². The van der Waals surface area contributed by atoms with Crippen LogP contribution >= 0.6 is 24.0 Å². The van der Waals surface area contributed by atoms with Crippen molar-refractivity contribution in [1.29, 1.82) is 0 Å². The maximum absolute atomic E-state index is 10.0. The number of ether oxygens (including phenoxy) is 1. The van der Waals surface area contributed by atoms with Gasteiger partial charge in [0.25, 0.3) is 0 Å². The minimum atomic E-state index is -0.670. The van der Waals surface area contributed by atoms with Gasteiger partial charge in [0.05, 0.1) is 0 Å². The molecule has 4 nitrogen and oxygen atoms in total. The molecular formula is C24H49NO3S2. The molecular weight excluding hydrogens is 414 g/mol. The summed E-state index contributed by atoms with van der Waals surface area (Å²) in [4.78, 5) is 10.0. The van der Waals surface area contributed by atoms with E-state index < -0.39 is 5.97 Å². The normalized spacial score (nSPS) is 10.5. The number of thioether (sulfide) groups is 1. The molecule has 0 aliphatic heterocycles. The Bertz CT molecular complexity index is 368. The molecule has 0 atom stereocenters. The maximum Gasteiger partial charge on any atom is 0.303 e. The summed E-state index contributed by atoms with van der Waals surface area (Å²) in [5.74, 6) is 0.310. The second kappa shape index (κ2) is 28.7. The van der Waals surface area contributed by atoms with Crippen molar-refractivity contribution in [3.8, 4) is 0 Å². The van der Waals surface area contributed by atoms with Gasteiger partial charge in [0.2, 0.25) is 0 Å². The summed E-state index contributed by atoms with van der Waals surface area (Å²) < 4.78 is 6.13. The van der Waals surface area contributed by atoms with Gasteiger partial charge in [-0.3, -0.25) is 4.79 Å². The number of hydrogen-bond acceptors (Lipinski definition) is 4. The Hall–Kier alpha value is -0.330. The van der Waals surface area contributed by atoms with Crippen molar-refractivity contribution >= 4 is 34.3 Å². The van der Waals surface area contributed by atoms with E-state index in [0.29, 0.717) is 10.7 Å². The van der Waals surface area contributed by atoms with E-state index >= 15 is 0 Å². The molecule has 0 rings (SSSR count). The van der Waals surface area contributed by atoms with Gasteiger partial charge in [-0.25, -0.2) is 0 Å². The lowest BCUT2D eigenvalue weighted by Crippen LogP contribution is -2.04. The smallest absolute Gasteiger partial charge is 0.303 e. The molecule has 0 saturated heterocycles. The van der Waals surface area contributed by atoms with Crippen LogP contribution in [0.2, 0.25) is 0 Å². The lowest BCUT2D eigenvalue weighted by Gasteiger charge is -2.04. The van der Waals surface area contributed by atoms with Gasteiger partial charge in [-0.05, 0) is 19.3 Å². The molecule has 0 amide bonds. The fourth-order valence-corrected chi connectivity index (χ4v) is 3.72. The van der Waals surface area contributed by atoms with Crippen molar-refractivity contribution in [3.05, 3.63) is 0 Å². The third-order valence-electron chi connectivity index (χ3n) is 4.81. The summed E-state index contributed by atoms with van der Waals surface area (Å²) in [6.45, 7) is 6.17. The quantitative estimate of drug-likeness (QED) is 0.134. The molecule has 6 heteroatoms. The first-order chi connectivity index (χ1) is 14.5. The number of thiocarbonyl (C=S) groups is 1.